The second-order valence-electron chi connectivity index (χ2n) is 16.6. The first-order chi connectivity index (χ1) is 26.9. The Kier molecular flexibility index (Phi) is 10.9. The standard InChI is InChI=1S/C40H48F2N6O8S/c1-38(2,3)56-37(52)45-30-16-8-5-11-19-39(41,42)21-25-22-40(25,36(51)47-57(53,54)27-17-18-27)46-33(49)31-20-26(23-48(31)35(30)50)55-34-32(24-12-6-4-7-13-24)43-28-14-9-10-15-29(28)44-34/h4,6-7,9-10,12-15,25-27,30-31H,5,8,11,16-23H2,1-3H3,(H,45,52)(H,46,49)(H,47,51)/t25-,26-,30+,31+,40-/m1/s1. The zero-order valence-electron chi connectivity index (χ0n) is 32.1. The van der Waals surface area contributed by atoms with Gasteiger partial charge in [0.1, 0.15) is 35.0 Å². The van der Waals surface area contributed by atoms with E-state index in [2.05, 4.69) is 10.6 Å². The van der Waals surface area contributed by atoms with Crippen LogP contribution < -0.4 is 20.1 Å². The number of alkyl halides is 2. The summed E-state index contributed by atoms with van der Waals surface area (Å²) in [5, 5.41) is 4.50. The number of sulfonamides is 1. The molecule has 5 atom stereocenters. The van der Waals surface area contributed by atoms with E-state index in [1.54, 1.807) is 32.9 Å². The Morgan fingerprint density at radius 1 is 0.930 bits per heavy atom. The van der Waals surface area contributed by atoms with Crippen LogP contribution in [0.25, 0.3) is 22.3 Å². The van der Waals surface area contributed by atoms with Gasteiger partial charge in [0.15, 0.2) is 0 Å². The smallest absolute Gasteiger partial charge is 0.408 e. The molecular weight excluding hydrogens is 763 g/mol. The van der Waals surface area contributed by atoms with E-state index in [9.17, 15) is 27.6 Å². The van der Waals surface area contributed by atoms with E-state index in [4.69, 9.17) is 19.4 Å². The minimum absolute atomic E-state index is 0.0717. The van der Waals surface area contributed by atoms with Gasteiger partial charge in [0.2, 0.25) is 33.6 Å². The molecule has 3 N–H and O–H groups in total. The van der Waals surface area contributed by atoms with Crippen LogP contribution in [0.3, 0.4) is 0 Å². The van der Waals surface area contributed by atoms with Gasteiger partial charge in [0.05, 0.1) is 22.8 Å². The van der Waals surface area contributed by atoms with Gasteiger partial charge in [0.25, 0.3) is 5.91 Å². The van der Waals surface area contributed by atoms with Gasteiger partial charge in [-0.15, -0.1) is 0 Å². The lowest BCUT2D eigenvalue weighted by atomic mass is 10.00. The van der Waals surface area contributed by atoms with Crippen LogP contribution in [0, 0.1) is 5.92 Å². The van der Waals surface area contributed by atoms with E-state index in [-0.39, 0.29) is 38.1 Å². The molecule has 3 heterocycles. The number of amides is 4. The molecule has 2 aliphatic heterocycles. The first kappa shape index (κ1) is 40.3. The van der Waals surface area contributed by atoms with Crippen molar-refractivity contribution >= 4 is 44.9 Å². The summed E-state index contributed by atoms with van der Waals surface area (Å²) in [6.45, 7) is 4.85. The number of aromatic nitrogens is 2. The molecule has 0 spiro atoms. The Morgan fingerprint density at radius 2 is 1.61 bits per heavy atom. The number of fused-ring (bicyclic) bond motifs is 3. The largest absolute Gasteiger partial charge is 0.471 e. The van der Waals surface area contributed by atoms with E-state index in [0.29, 0.717) is 48.0 Å². The number of rotatable bonds is 7. The van der Waals surface area contributed by atoms with Crippen LogP contribution in [0.5, 0.6) is 5.88 Å². The fourth-order valence-corrected chi connectivity index (χ4v) is 9.07. The lowest BCUT2D eigenvalue weighted by Gasteiger charge is -2.30. The summed E-state index contributed by atoms with van der Waals surface area (Å²) >= 11 is 0. The number of halogens is 2. The Bertz CT molecular complexity index is 2150. The fraction of sp³-hybridized carbons (Fsp3) is 0.550. The fourth-order valence-electron chi connectivity index (χ4n) is 7.71. The SMILES string of the molecule is CC(C)(C)OC(=O)N[C@H]1CCCCCC(F)(F)C[C@@H]2C[C@@]2(C(=O)NS(=O)(=O)C2CC2)NC(=O)[C@@H]2C[C@@H](Oc3nc4ccccc4nc3-c3ccccc3)CN2C1=O. The highest BCUT2D eigenvalue weighted by molar-refractivity contribution is 7.91. The molecule has 4 amide bonds. The molecule has 2 saturated heterocycles. The summed E-state index contributed by atoms with van der Waals surface area (Å²) in [6, 6.07) is 13.9. The van der Waals surface area contributed by atoms with Gasteiger partial charge >= 0.3 is 6.09 Å². The molecular formula is C40H48F2N6O8S. The van der Waals surface area contributed by atoms with Crippen molar-refractivity contribution in [3.8, 4) is 17.1 Å². The minimum atomic E-state index is -4.09. The quantitative estimate of drug-likeness (QED) is 0.293. The van der Waals surface area contributed by atoms with Gasteiger partial charge < -0.3 is 25.0 Å². The van der Waals surface area contributed by atoms with Crippen LogP contribution in [-0.2, 0) is 29.1 Å². The molecule has 0 radical (unpaired) electrons. The number of carbonyl (C=O) groups is 4. The predicted molar refractivity (Wildman–Crippen MR) is 204 cm³/mol. The minimum Gasteiger partial charge on any atom is -0.471 e. The van der Waals surface area contributed by atoms with Crippen molar-refractivity contribution in [3.05, 3.63) is 54.6 Å². The first-order valence-electron chi connectivity index (χ1n) is 19.5. The number of para-hydroxylation sites is 2. The van der Waals surface area contributed by atoms with Crippen molar-refractivity contribution in [2.24, 2.45) is 5.92 Å². The molecule has 14 nitrogen and oxygen atoms in total. The Labute approximate surface area is 329 Å². The third kappa shape index (κ3) is 9.29. The Morgan fingerprint density at radius 3 is 2.30 bits per heavy atom. The van der Waals surface area contributed by atoms with E-state index in [1.165, 1.54) is 4.90 Å². The molecule has 1 aromatic heterocycles. The maximum absolute atomic E-state index is 15.4. The number of alkyl carbamates (subject to hydrolysis) is 1. The predicted octanol–water partition coefficient (Wildman–Crippen LogP) is 5.01. The molecule has 57 heavy (non-hydrogen) atoms. The summed E-state index contributed by atoms with van der Waals surface area (Å²) in [7, 11) is -4.09. The number of carbonyl (C=O) groups excluding carboxylic acids is 4. The summed E-state index contributed by atoms with van der Waals surface area (Å²) < 4.78 is 70.5. The van der Waals surface area contributed by atoms with Gasteiger partial charge in [0, 0.05) is 24.8 Å². The molecule has 2 aromatic carbocycles. The van der Waals surface area contributed by atoms with Crippen LogP contribution in [0.15, 0.2) is 54.6 Å². The van der Waals surface area contributed by atoms with Crippen molar-refractivity contribution in [2.45, 2.75) is 125 Å². The van der Waals surface area contributed by atoms with Crippen molar-refractivity contribution < 1.29 is 45.9 Å². The Hall–Kier alpha value is -4.93. The van der Waals surface area contributed by atoms with E-state index in [0.717, 1.165) is 0 Å². The van der Waals surface area contributed by atoms with Crippen molar-refractivity contribution in [1.82, 2.24) is 30.2 Å². The summed E-state index contributed by atoms with van der Waals surface area (Å²) in [5.74, 6) is -6.70. The molecule has 306 valence electrons. The number of hydrogen-bond donors (Lipinski definition) is 3. The second kappa shape index (κ2) is 15.4. The third-order valence-electron chi connectivity index (χ3n) is 10.8. The number of nitrogens with one attached hydrogen (secondary N) is 3. The maximum Gasteiger partial charge on any atom is 0.408 e. The Balaban J connectivity index is 1.23. The first-order valence-corrected chi connectivity index (χ1v) is 21.0. The monoisotopic (exact) mass is 810 g/mol. The van der Waals surface area contributed by atoms with E-state index >= 15 is 8.78 Å². The number of benzene rings is 2. The van der Waals surface area contributed by atoms with Crippen LogP contribution in [-0.4, -0.2) is 94.1 Å². The lowest BCUT2D eigenvalue weighted by molar-refractivity contribution is -0.141. The van der Waals surface area contributed by atoms with Crippen LogP contribution in [0.2, 0.25) is 0 Å². The summed E-state index contributed by atoms with van der Waals surface area (Å²) in [6.07, 6.45) is -1.82. The van der Waals surface area contributed by atoms with Gasteiger partial charge in [-0.3, -0.25) is 19.1 Å². The molecule has 3 aromatic rings. The zero-order chi connectivity index (χ0) is 40.8. The van der Waals surface area contributed by atoms with Crippen molar-refractivity contribution in [2.75, 3.05) is 6.54 Å². The highest BCUT2D eigenvalue weighted by atomic mass is 32.2. The molecule has 0 unspecified atom stereocenters. The van der Waals surface area contributed by atoms with Gasteiger partial charge in [-0.1, -0.05) is 55.3 Å². The van der Waals surface area contributed by atoms with E-state index in [1.807, 2.05) is 47.2 Å². The lowest BCUT2D eigenvalue weighted by Crippen LogP contribution is -2.58. The van der Waals surface area contributed by atoms with Gasteiger partial charge in [-0.25, -0.2) is 32.0 Å². The van der Waals surface area contributed by atoms with Crippen molar-refractivity contribution in [1.29, 1.82) is 0 Å². The molecule has 2 saturated carbocycles. The van der Waals surface area contributed by atoms with Crippen LogP contribution in [0.1, 0.15) is 85.0 Å². The normalized spacial score (nSPS) is 26.9. The highest BCUT2D eigenvalue weighted by Crippen LogP contribution is 2.51. The van der Waals surface area contributed by atoms with Crippen molar-refractivity contribution in [3.63, 3.8) is 0 Å². The third-order valence-corrected chi connectivity index (χ3v) is 12.7. The maximum atomic E-state index is 15.4. The molecule has 4 fully saturated rings. The molecule has 7 rings (SSSR count). The molecule has 17 heteroatoms. The number of ether oxygens (including phenoxy) is 2. The van der Waals surface area contributed by atoms with Gasteiger partial charge in [-0.2, -0.15) is 0 Å². The average molecular weight is 811 g/mol. The van der Waals surface area contributed by atoms with E-state index < -0.39 is 93.1 Å². The topological polar surface area (TPSA) is 186 Å². The average Bonchev–Trinajstić information content (AvgIpc) is 4.07. The van der Waals surface area contributed by atoms with Crippen LogP contribution >= 0.6 is 0 Å². The number of hydrogen-bond acceptors (Lipinski definition) is 10. The molecule has 2 aliphatic carbocycles. The van der Waals surface area contributed by atoms with Gasteiger partial charge in [-0.05, 0) is 70.9 Å². The molecule has 0 bridgehead atoms. The number of nitrogens with zero attached hydrogens (tertiary/aromatic N) is 3. The molecule has 4 aliphatic rings. The van der Waals surface area contributed by atoms with Crippen LogP contribution in [0.4, 0.5) is 13.6 Å². The zero-order valence-corrected chi connectivity index (χ0v) is 32.9. The highest BCUT2D eigenvalue weighted by Gasteiger charge is 2.65. The summed E-state index contributed by atoms with van der Waals surface area (Å²) in [5.41, 5.74) is -0.554. The second-order valence-corrected chi connectivity index (χ2v) is 18.6. The summed E-state index contributed by atoms with van der Waals surface area (Å²) in [4.78, 5) is 66.7.